The Morgan fingerprint density at radius 3 is 1.97 bits per heavy atom. The summed E-state index contributed by atoms with van der Waals surface area (Å²) in [5, 5.41) is 3.19. The van der Waals surface area contributed by atoms with E-state index in [2.05, 4.69) is 5.32 Å². The molecule has 1 fully saturated rings. The van der Waals surface area contributed by atoms with Crippen LogP contribution in [-0.2, 0) is 14.8 Å². The standard InChI is InChI=1S/C27H30N2O5S/c1-33-23-13-14-24(34-2)25(19-23)35(31,32)29-17-15-22(16-18-29)27(30)28-26(20-9-5-3-6-10-20)21-11-7-4-8-12-21/h3-14,19,22,26H,15-18H2,1-2H3,(H,28,30). The van der Waals surface area contributed by atoms with E-state index in [0.717, 1.165) is 11.1 Å². The monoisotopic (exact) mass is 494 g/mol. The molecule has 1 heterocycles. The molecule has 0 unspecified atom stereocenters. The second-order valence-corrected chi connectivity index (χ2v) is 10.4. The summed E-state index contributed by atoms with van der Waals surface area (Å²) in [6.45, 7) is 0.504. The van der Waals surface area contributed by atoms with Gasteiger partial charge in [0.05, 0.1) is 20.3 Å². The van der Waals surface area contributed by atoms with E-state index in [9.17, 15) is 13.2 Å². The lowest BCUT2D eigenvalue weighted by Gasteiger charge is -2.32. The molecule has 0 bridgehead atoms. The number of benzene rings is 3. The van der Waals surface area contributed by atoms with Crippen LogP contribution < -0.4 is 14.8 Å². The van der Waals surface area contributed by atoms with E-state index >= 15 is 0 Å². The van der Waals surface area contributed by atoms with Crippen molar-refractivity contribution in [1.29, 1.82) is 0 Å². The van der Waals surface area contributed by atoms with Gasteiger partial charge in [0.25, 0.3) is 0 Å². The summed E-state index contributed by atoms with van der Waals surface area (Å²) < 4.78 is 38.6. The van der Waals surface area contributed by atoms with Crippen molar-refractivity contribution in [2.75, 3.05) is 27.3 Å². The molecule has 1 aliphatic rings. The second kappa shape index (κ2) is 10.9. The van der Waals surface area contributed by atoms with Gasteiger partial charge in [0, 0.05) is 25.1 Å². The first-order chi connectivity index (χ1) is 16.9. The van der Waals surface area contributed by atoms with Crippen molar-refractivity contribution in [3.63, 3.8) is 0 Å². The third-order valence-corrected chi connectivity index (χ3v) is 8.29. The summed E-state index contributed by atoms with van der Waals surface area (Å²) in [6.07, 6.45) is 0.876. The van der Waals surface area contributed by atoms with Crippen LogP contribution in [0.2, 0.25) is 0 Å². The maximum atomic E-state index is 13.3. The molecule has 4 rings (SSSR count). The van der Waals surface area contributed by atoms with Crippen LogP contribution in [0.5, 0.6) is 11.5 Å². The van der Waals surface area contributed by atoms with Crippen LogP contribution in [0.25, 0.3) is 0 Å². The number of ether oxygens (including phenoxy) is 2. The minimum absolute atomic E-state index is 0.0653. The molecular weight excluding hydrogens is 464 g/mol. The molecule has 0 aliphatic carbocycles. The van der Waals surface area contributed by atoms with Gasteiger partial charge in [-0.15, -0.1) is 0 Å². The van der Waals surface area contributed by atoms with Crippen LogP contribution in [0.3, 0.4) is 0 Å². The second-order valence-electron chi connectivity index (χ2n) is 8.46. The van der Waals surface area contributed by atoms with Gasteiger partial charge in [-0.05, 0) is 36.1 Å². The maximum Gasteiger partial charge on any atom is 0.246 e. The van der Waals surface area contributed by atoms with Gasteiger partial charge in [-0.1, -0.05) is 60.7 Å². The minimum Gasteiger partial charge on any atom is -0.497 e. The number of amides is 1. The van der Waals surface area contributed by atoms with Gasteiger partial charge in [0.2, 0.25) is 15.9 Å². The fraction of sp³-hybridized carbons (Fsp3) is 0.296. The third-order valence-electron chi connectivity index (χ3n) is 6.37. The van der Waals surface area contributed by atoms with Crippen molar-refractivity contribution in [2.45, 2.75) is 23.8 Å². The van der Waals surface area contributed by atoms with Crippen LogP contribution in [0.1, 0.15) is 30.0 Å². The highest BCUT2D eigenvalue weighted by molar-refractivity contribution is 7.89. The zero-order valence-corrected chi connectivity index (χ0v) is 20.7. The van der Waals surface area contributed by atoms with Crippen molar-refractivity contribution in [3.05, 3.63) is 90.0 Å². The van der Waals surface area contributed by atoms with E-state index in [1.807, 2.05) is 60.7 Å². The Kier molecular flexibility index (Phi) is 7.73. The number of carbonyl (C=O) groups excluding carboxylic acids is 1. The van der Waals surface area contributed by atoms with Crippen LogP contribution in [0.15, 0.2) is 83.8 Å². The molecule has 1 saturated heterocycles. The van der Waals surface area contributed by atoms with E-state index in [-0.39, 0.29) is 41.6 Å². The molecule has 1 N–H and O–H groups in total. The van der Waals surface area contributed by atoms with E-state index in [4.69, 9.17) is 9.47 Å². The summed E-state index contributed by atoms with van der Waals surface area (Å²) in [5.74, 6) is 0.355. The Bertz CT molecular complexity index is 1200. The SMILES string of the molecule is COc1ccc(OC)c(S(=O)(=O)N2CCC(C(=O)NC(c3ccccc3)c3ccccc3)CC2)c1. The number of carbonyl (C=O) groups is 1. The van der Waals surface area contributed by atoms with Crippen LogP contribution in [-0.4, -0.2) is 45.9 Å². The van der Waals surface area contributed by atoms with Crippen molar-refractivity contribution in [2.24, 2.45) is 5.92 Å². The Morgan fingerprint density at radius 2 is 1.46 bits per heavy atom. The van der Waals surface area contributed by atoms with Crippen molar-refractivity contribution in [1.82, 2.24) is 9.62 Å². The molecule has 184 valence electrons. The zero-order chi connectivity index (χ0) is 24.8. The Labute approximate surface area is 206 Å². The predicted molar refractivity (Wildman–Crippen MR) is 134 cm³/mol. The fourth-order valence-electron chi connectivity index (χ4n) is 4.39. The largest absolute Gasteiger partial charge is 0.497 e. The first-order valence-electron chi connectivity index (χ1n) is 11.6. The van der Waals surface area contributed by atoms with Crippen molar-refractivity contribution < 1.29 is 22.7 Å². The highest BCUT2D eigenvalue weighted by Crippen LogP contribution is 2.33. The molecule has 3 aromatic carbocycles. The summed E-state index contributed by atoms with van der Waals surface area (Å²) in [7, 11) is -0.875. The topological polar surface area (TPSA) is 84.9 Å². The number of hydrogen-bond donors (Lipinski definition) is 1. The molecule has 0 spiro atoms. The molecule has 0 radical (unpaired) electrons. The van der Waals surface area contributed by atoms with Crippen molar-refractivity contribution in [3.8, 4) is 11.5 Å². The van der Waals surface area contributed by atoms with Gasteiger partial charge in [0.1, 0.15) is 16.4 Å². The molecule has 1 aliphatic heterocycles. The Hall–Kier alpha value is -3.36. The summed E-state index contributed by atoms with van der Waals surface area (Å²) in [6, 6.07) is 24.1. The normalized spacial score (nSPS) is 15.1. The number of nitrogens with one attached hydrogen (secondary N) is 1. The molecule has 0 saturated carbocycles. The number of hydrogen-bond acceptors (Lipinski definition) is 5. The lowest BCUT2D eigenvalue weighted by molar-refractivity contribution is -0.126. The van der Waals surface area contributed by atoms with Gasteiger partial charge in [0.15, 0.2) is 0 Å². The number of rotatable bonds is 8. The minimum atomic E-state index is -3.80. The molecule has 1 amide bonds. The molecule has 8 heteroatoms. The van der Waals surface area contributed by atoms with Crippen molar-refractivity contribution >= 4 is 15.9 Å². The van der Waals surface area contributed by atoms with Gasteiger partial charge in [-0.3, -0.25) is 4.79 Å². The van der Waals surface area contributed by atoms with E-state index < -0.39 is 10.0 Å². The van der Waals surface area contributed by atoms with Crippen LogP contribution >= 0.6 is 0 Å². The number of sulfonamides is 1. The predicted octanol–water partition coefficient (Wildman–Crippen LogP) is 4.01. The summed E-state index contributed by atoms with van der Waals surface area (Å²) in [5.41, 5.74) is 1.99. The van der Waals surface area contributed by atoms with E-state index in [0.29, 0.717) is 18.6 Å². The average Bonchev–Trinajstić information content (AvgIpc) is 2.92. The maximum absolute atomic E-state index is 13.3. The highest BCUT2D eigenvalue weighted by Gasteiger charge is 2.34. The number of piperidine rings is 1. The molecule has 35 heavy (non-hydrogen) atoms. The number of methoxy groups -OCH3 is 2. The van der Waals surface area contributed by atoms with E-state index in [1.165, 1.54) is 24.6 Å². The Morgan fingerprint density at radius 1 is 0.886 bits per heavy atom. The first-order valence-corrected chi connectivity index (χ1v) is 13.0. The summed E-state index contributed by atoms with van der Waals surface area (Å²) >= 11 is 0. The molecule has 7 nitrogen and oxygen atoms in total. The van der Waals surface area contributed by atoms with Gasteiger partial charge >= 0.3 is 0 Å². The fourth-order valence-corrected chi connectivity index (χ4v) is 6.03. The molecule has 0 atom stereocenters. The quantitative estimate of drug-likeness (QED) is 0.512. The average molecular weight is 495 g/mol. The van der Waals surface area contributed by atoms with Gasteiger partial charge < -0.3 is 14.8 Å². The summed E-state index contributed by atoms with van der Waals surface area (Å²) in [4.78, 5) is 13.3. The van der Waals surface area contributed by atoms with Gasteiger partial charge in [-0.25, -0.2) is 8.42 Å². The van der Waals surface area contributed by atoms with Crippen LogP contribution in [0, 0.1) is 5.92 Å². The Balaban J connectivity index is 1.47. The highest BCUT2D eigenvalue weighted by atomic mass is 32.2. The van der Waals surface area contributed by atoms with Crippen LogP contribution in [0.4, 0.5) is 0 Å². The zero-order valence-electron chi connectivity index (χ0n) is 19.9. The first kappa shape index (κ1) is 24.8. The third kappa shape index (κ3) is 5.49. The molecule has 3 aromatic rings. The lowest BCUT2D eigenvalue weighted by atomic mass is 9.94. The molecular formula is C27H30N2O5S. The molecule has 0 aromatic heterocycles. The van der Waals surface area contributed by atoms with Gasteiger partial charge in [-0.2, -0.15) is 4.31 Å². The number of nitrogens with zero attached hydrogens (tertiary/aromatic N) is 1. The smallest absolute Gasteiger partial charge is 0.246 e. The van der Waals surface area contributed by atoms with E-state index in [1.54, 1.807) is 12.1 Å². The lowest BCUT2D eigenvalue weighted by Crippen LogP contribution is -2.43.